The largest absolute Gasteiger partial charge is 0.448 e. The average molecular weight is 382 g/mol. The van der Waals surface area contributed by atoms with E-state index in [1.807, 2.05) is 0 Å². The first-order chi connectivity index (χ1) is 12.6. The van der Waals surface area contributed by atoms with Crippen molar-refractivity contribution in [2.75, 3.05) is 18.5 Å². The van der Waals surface area contributed by atoms with E-state index in [9.17, 15) is 18.0 Å². The van der Waals surface area contributed by atoms with E-state index in [1.54, 1.807) is 6.92 Å². The maximum absolute atomic E-state index is 14.7. The molecule has 0 saturated carbocycles. The smallest absolute Gasteiger partial charge is 0.299 e. The number of aliphatic imine (C=N–C) groups is 1. The summed E-state index contributed by atoms with van der Waals surface area (Å²) >= 11 is 0. The summed E-state index contributed by atoms with van der Waals surface area (Å²) in [6, 6.07) is 3.30. The number of hydrogen-bond donors (Lipinski definition) is 2. The van der Waals surface area contributed by atoms with Gasteiger partial charge in [-0.2, -0.15) is 0 Å². The number of anilines is 1. The van der Waals surface area contributed by atoms with Gasteiger partial charge in [-0.05, 0) is 25.1 Å². The van der Waals surface area contributed by atoms with Gasteiger partial charge in [0.15, 0.2) is 17.1 Å². The molecule has 0 radical (unpaired) electrons. The molecule has 27 heavy (non-hydrogen) atoms. The second-order valence-electron chi connectivity index (χ2n) is 6.27. The third-order valence-electron chi connectivity index (χ3n) is 4.21. The SMILES string of the molecule is Cc1nc(C(=O)Nc2ccc(F)c([C@@]3(C)N=C(N)COCC3(F)F)c2)co1. The summed E-state index contributed by atoms with van der Waals surface area (Å²) in [5.41, 5.74) is 2.96. The van der Waals surface area contributed by atoms with Crippen LogP contribution in [0.3, 0.4) is 0 Å². The van der Waals surface area contributed by atoms with Crippen LogP contribution in [-0.2, 0) is 10.3 Å². The number of benzene rings is 1. The molecule has 0 saturated heterocycles. The second kappa shape index (κ2) is 6.69. The van der Waals surface area contributed by atoms with Crippen molar-refractivity contribution >= 4 is 17.4 Å². The fourth-order valence-electron chi connectivity index (χ4n) is 2.72. The van der Waals surface area contributed by atoms with E-state index in [0.29, 0.717) is 0 Å². The Labute approximate surface area is 152 Å². The molecule has 1 aromatic carbocycles. The highest BCUT2D eigenvalue weighted by atomic mass is 19.3. The zero-order valence-corrected chi connectivity index (χ0v) is 14.6. The van der Waals surface area contributed by atoms with Crippen LogP contribution >= 0.6 is 0 Å². The van der Waals surface area contributed by atoms with E-state index < -0.39 is 35.4 Å². The lowest BCUT2D eigenvalue weighted by Crippen LogP contribution is -2.45. The van der Waals surface area contributed by atoms with Gasteiger partial charge in [-0.3, -0.25) is 9.79 Å². The number of alkyl halides is 2. The molecule has 0 fully saturated rings. The van der Waals surface area contributed by atoms with Gasteiger partial charge in [-0.1, -0.05) is 0 Å². The van der Waals surface area contributed by atoms with Gasteiger partial charge in [-0.15, -0.1) is 0 Å². The third kappa shape index (κ3) is 3.52. The number of hydrogen-bond acceptors (Lipinski definition) is 6. The predicted molar refractivity (Wildman–Crippen MR) is 90.3 cm³/mol. The Kier molecular flexibility index (Phi) is 4.68. The van der Waals surface area contributed by atoms with Crippen molar-refractivity contribution in [2.45, 2.75) is 25.3 Å². The molecule has 3 N–H and O–H groups in total. The molecule has 1 aromatic heterocycles. The van der Waals surface area contributed by atoms with Gasteiger partial charge in [0.2, 0.25) is 0 Å². The molecule has 1 amide bonds. The van der Waals surface area contributed by atoms with Crippen molar-refractivity contribution in [2.24, 2.45) is 10.7 Å². The van der Waals surface area contributed by atoms with Gasteiger partial charge >= 0.3 is 0 Å². The van der Waals surface area contributed by atoms with Crippen LogP contribution in [0.15, 0.2) is 33.9 Å². The molecule has 0 spiro atoms. The number of amidine groups is 1. The van der Waals surface area contributed by atoms with E-state index in [2.05, 4.69) is 15.3 Å². The van der Waals surface area contributed by atoms with Gasteiger partial charge in [-0.25, -0.2) is 18.2 Å². The van der Waals surface area contributed by atoms with E-state index in [4.69, 9.17) is 14.9 Å². The minimum absolute atomic E-state index is 0.0000447. The fraction of sp³-hybridized carbons (Fsp3) is 0.353. The number of aryl methyl sites for hydroxylation is 1. The maximum atomic E-state index is 14.7. The molecular formula is C17H17F3N4O3. The highest BCUT2D eigenvalue weighted by Gasteiger charge is 2.54. The zero-order valence-electron chi connectivity index (χ0n) is 14.6. The molecule has 1 aliphatic heterocycles. The topological polar surface area (TPSA) is 103 Å². The number of rotatable bonds is 3. The summed E-state index contributed by atoms with van der Waals surface area (Å²) in [6.07, 6.45) is 1.15. The lowest BCUT2D eigenvalue weighted by atomic mass is 9.85. The van der Waals surface area contributed by atoms with Crippen LogP contribution in [0.5, 0.6) is 0 Å². The number of nitrogens with two attached hydrogens (primary N) is 1. The normalized spacial score (nSPS) is 22.0. The molecule has 2 aromatic rings. The van der Waals surface area contributed by atoms with E-state index in [-0.39, 0.29) is 29.7 Å². The van der Waals surface area contributed by atoms with Crippen LogP contribution in [0.2, 0.25) is 0 Å². The van der Waals surface area contributed by atoms with E-state index >= 15 is 0 Å². The van der Waals surface area contributed by atoms with Crippen LogP contribution < -0.4 is 11.1 Å². The molecule has 3 rings (SSSR count). The summed E-state index contributed by atoms with van der Waals surface area (Å²) in [5.74, 6) is -4.96. The number of oxazole rings is 1. The van der Waals surface area contributed by atoms with Crippen molar-refractivity contribution in [3.63, 3.8) is 0 Å². The van der Waals surface area contributed by atoms with Crippen molar-refractivity contribution in [1.82, 2.24) is 4.98 Å². The van der Waals surface area contributed by atoms with Gasteiger partial charge in [0.05, 0.1) is 0 Å². The third-order valence-corrected chi connectivity index (χ3v) is 4.21. The van der Waals surface area contributed by atoms with Gasteiger partial charge in [0.1, 0.15) is 31.1 Å². The number of carbonyl (C=O) groups excluding carboxylic acids is 1. The Bertz CT molecular complexity index is 913. The standard InChI is InChI=1S/C17H17F3N4O3/c1-9-22-13(6-27-9)15(25)23-10-3-4-12(18)11(5-10)16(2)17(19,20)8-26-7-14(21)24-16/h3-6H,7-8H2,1-2H3,(H2,21,24)(H,23,25)/t16-/m1/s1. The van der Waals surface area contributed by atoms with Crippen LogP contribution in [-0.4, -0.2) is 35.9 Å². The van der Waals surface area contributed by atoms with Crippen LogP contribution in [0.25, 0.3) is 0 Å². The lowest BCUT2D eigenvalue weighted by Gasteiger charge is -2.33. The Morgan fingerprint density at radius 3 is 2.78 bits per heavy atom. The minimum Gasteiger partial charge on any atom is -0.448 e. The highest BCUT2D eigenvalue weighted by molar-refractivity contribution is 6.02. The lowest BCUT2D eigenvalue weighted by molar-refractivity contribution is -0.116. The first-order valence-electron chi connectivity index (χ1n) is 7.96. The number of nitrogens with zero attached hydrogens (tertiary/aromatic N) is 2. The van der Waals surface area contributed by atoms with Crippen molar-refractivity contribution in [3.8, 4) is 0 Å². The van der Waals surface area contributed by atoms with Gasteiger partial charge in [0.25, 0.3) is 11.8 Å². The van der Waals surface area contributed by atoms with Crippen molar-refractivity contribution in [3.05, 3.63) is 47.4 Å². The molecule has 7 nitrogen and oxygen atoms in total. The molecule has 10 heteroatoms. The Balaban J connectivity index is 1.99. The summed E-state index contributed by atoms with van der Waals surface area (Å²) in [4.78, 5) is 19.9. The summed E-state index contributed by atoms with van der Waals surface area (Å²) in [7, 11) is 0. The van der Waals surface area contributed by atoms with E-state index in [1.165, 1.54) is 6.07 Å². The molecule has 0 unspecified atom stereocenters. The van der Waals surface area contributed by atoms with Crippen LogP contribution in [0.1, 0.15) is 28.9 Å². The number of aromatic nitrogens is 1. The number of carbonyl (C=O) groups is 1. The van der Waals surface area contributed by atoms with E-state index in [0.717, 1.165) is 25.3 Å². The Hall–Kier alpha value is -2.88. The molecular weight excluding hydrogens is 365 g/mol. The van der Waals surface area contributed by atoms with Crippen molar-refractivity contribution < 1.29 is 27.1 Å². The van der Waals surface area contributed by atoms with Crippen LogP contribution in [0, 0.1) is 12.7 Å². The number of ether oxygens (including phenoxy) is 1. The maximum Gasteiger partial charge on any atom is 0.299 e. The molecule has 1 aliphatic rings. The molecule has 144 valence electrons. The number of amides is 1. The number of nitrogens with one attached hydrogen (secondary N) is 1. The molecule has 2 heterocycles. The van der Waals surface area contributed by atoms with Gasteiger partial charge < -0.3 is 20.2 Å². The summed E-state index contributed by atoms with van der Waals surface area (Å²) in [6.45, 7) is 1.38. The Morgan fingerprint density at radius 2 is 2.11 bits per heavy atom. The molecule has 0 aliphatic carbocycles. The monoisotopic (exact) mass is 382 g/mol. The molecule has 0 bridgehead atoms. The quantitative estimate of drug-likeness (QED) is 0.850. The van der Waals surface area contributed by atoms with Crippen LogP contribution in [0.4, 0.5) is 18.9 Å². The van der Waals surface area contributed by atoms with Crippen molar-refractivity contribution in [1.29, 1.82) is 0 Å². The minimum atomic E-state index is -3.53. The zero-order chi connectivity index (χ0) is 19.8. The van der Waals surface area contributed by atoms with Gasteiger partial charge in [0, 0.05) is 18.2 Å². The first-order valence-corrected chi connectivity index (χ1v) is 7.96. The summed E-state index contributed by atoms with van der Waals surface area (Å²) < 4.78 is 53.5. The fourth-order valence-corrected chi connectivity index (χ4v) is 2.72. The first kappa shape index (κ1) is 18.9. The Morgan fingerprint density at radius 1 is 1.37 bits per heavy atom. The second-order valence-corrected chi connectivity index (χ2v) is 6.27. The summed E-state index contributed by atoms with van der Waals surface area (Å²) in [5, 5.41) is 2.47. The average Bonchev–Trinajstić information content (AvgIpc) is 2.98. The highest BCUT2D eigenvalue weighted by Crippen LogP contribution is 2.44. The predicted octanol–water partition coefficient (Wildman–Crippen LogP) is 2.61. The number of halogens is 3. The molecule has 1 atom stereocenters.